The maximum Gasteiger partial charge on any atom is 0.240 e. The predicted molar refractivity (Wildman–Crippen MR) is 77.4 cm³/mol. The Kier molecular flexibility index (Phi) is 4.95. The summed E-state index contributed by atoms with van der Waals surface area (Å²) in [7, 11) is 1.70. The fourth-order valence-electron chi connectivity index (χ4n) is 1.62. The summed E-state index contributed by atoms with van der Waals surface area (Å²) in [5, 5.41) is 2.91. The molecule has 1 atom stereocenters. The number of carbonyl (C=O) groups excluding carboxylic acids is 1. The maximum absolute atomic E-state index is 11.4. The van der Waals surface area contributed by atoms with Gasteiger partial charge >= 0.3 is 0 Å². The molecule has 1 amide bonds. The van der Waals surface area contributed by atoms with E-state index in [4.69, 9.17) is 10.5 Å². The zero-order chi connectivity index (χ0) is 14.6. The minimum atomic E-state index is -0.861. The summed E-state index contributed by atoms with van der Waals surface area (Å²) in [4.78, 5) is 11.4. The number of amides is 1. The molecule has 19 heavy (non-hydrogen) atoms. The van der Waals surface area contributed by atoms with Gasteiger partial charge in [0.05, 0.1) is 0 Å². The van der Waals surface area contributed by atoms with Crippen LogP contribution < -0.4 is 15.8 Å². The number of primary amides is 1. The van der Waals surface area contributed by atoms with Gasteiger partial charge in [-0.2, -0.15) is 0 Å². The predicted octanol–water partition coefficient (Wildman–Crippen LogP) is 1.96. The van der Waals surface area contributed by atoms with Gasteiger partial charge in [0.15, 0.2) is 0 Å². The van der Waals surface area contributed by atoms with E-state index in [0.29, 0.717) is 5.92 Å². The zero-order valence-corrected chi connectivity index (χ0v) is 12.4. The van der Waals surface area contributed by atoms with Crippen LogP contribution in [0.2, 0.25) is 0 Å². The quantitative estimate of drug-likeness (QED) is 0.825. The molecule has 4 heteroatoms. The van der Waals surface area contributed by atoms with Crippen molar-refractivity contribution in [2.24, 2.45) is 5.73 Å². The van der Waals surface area contributed by atoms with Crippen LogP contribution in [0.4, 0.5) is 0 Å². The average Bonchev–Trinajstić information content (AvgIpc) is 2.36. The van der Waals surface area contributed by atoms with Gasteiger partial charge in [-0.1, -0.05) is 26.0 Å². The number of aryl methyl sites for hydroxylation is 1. The fourth-order valence-corrected chi connectivity index (χ4v) is 1.62. The van der Waals surface area contributed by atoms with Crippen LogP contribution in [0.25, 0.3) is 0 Å². The Bertz CT molecular complexity index is 457. The van der Waals surface area contributed by atoms with Crippen molar-refractivity contribution in [3.05, 3.63) is 29.3 Å². The average molecular weight is 264 g/mol. The van der Waals surface area contributed by atoms with Crippen molar-refractivity contribution in [3.8, 4) is 5.75 Å². The molecule has 4 nitrogen and oxygen atoms in total. The largest absolute Gasteiger partial charge is 0.491 e. The molecule has 1 aromatic rings. The van der Waals surface area contributed by atoms with Gasteiger partial charge in [-0.05, 0) is 44.0 Å². The summed E-state index contributed by atoms with van der Waals surface area (Å²) in [6, 6.07) is 6.15. The van der Waals surface area contributed by atoms with E-state index in [0.717, 1.165) is 11.3 Å². The third kappa shape index (κ3) is 3.70. The lowest BCUT2D eigenvalue weighted by Crippen LogP contribution is -2.55. The third-order valence-electron chi connectivity index (χ3n) is 3.49. The SMILES string of the molecule is CNC(C)(COc1cc(C(C)C)ccc1C)C(N)=O. The Hall–Kier alpha value is -1.55. The highest BCUT2D eigenvalue weighted by Crippen LogP contribution is 2.25. The number of hydrogen-bond acceptors (Lipinski definition) is 3. The van der Waals surface area contributed by atoms with E-state index in [1.165, 1.54) is 5.56 Å². The number of likely N-dealkylation sites (N-methyl/N-ethyl adjacent to an activating group) is 1. The molecule has 1 rings (SSSR count). The molecule has 0 spiro atoms. The first-order valence-corrected chi connectivity index (χ1v) is 6.52. The first kappa shape index (κ1) is 15.5. The number of carbonyl (C=O) groups is 1. The Morgan fingerprint density at radius 1 is 1.47 bits per heavy atom. The second kappa shape index (κ2) is 6.06. The van der Waals surface area contributed by atoms with Gasteiger partial charge in [-0.15, -0.1) is 0 Å². The molecule has 0 bridgehead atoms. The van der Waals surface area contributed by atoms with Crippen molar-refractivity contribution in [1.82, 2.24) is 5.32 Å². The minimum absolute atomic E-state index is 0.210. The van der Waals surface area contributed by atoms with Crippen molar-refractivity contribution < 1.29 is 9.53 Å². The van der Waals surface area contributed by atoms with Crippen molar-refractivity contribution in [2.45, 2.75) is 39.2 Å². The van der Waals surface area contributed by atoms with E-state index < -0.39 is 11.4 Å². The number of ether oxygens (including phenoxy) is 1. The Balaban J connectivity index is 2.88. The second-order valence-electron chi connectivity index (χ2n) is 5.41. The lowest BCUT2D eigenvalue weighted by Gasteiger charge is -2.26. The second-order valence-corrected chi connectivity index (χ2v) is 5.41. The van der Waals surface area contributed by atoms with Crippen molar-refractivity contribution >= 4 is 5.91 Å². The van der Waals surface area contributed by atoms with E-state index in [1.54, 1.807) is 14.0 Å². The molecular weight excluding hydrogens is 240 g/mol. The molecule has 106 valence electrons. The Labute approximate surface area is 115 Å². The van der Waals surface area contributed by atoms with Crippen molar-refractivity contribution in [2.75, 3.05) is 13.7 Å². The van der Waals surface area contributed by atoms with Crippen LogP contribution in [0.5, 0.6) is 5.75 Å². The van der Waals surface area contributed by atoms with Crippen LogP contribution >= 0.6 is 0 Å². The number of nitrogens with one attached hydrogen (secondary N) is 1. The molecule has 0 fully saturated rings. The van der Waals surface area contributed by atoms with Crippen LogP contribution in [0.3, 0.4) is 0 Å². The Morgan fingerprint density at radius 2 is 2.11 bits per heavy atom. The molecular formula is C15H24N2O2. The van der Waals surface area contributed by atoms with Gasteiger partial charge in [0.25, 0.3) is 0 Å². The van der Waals surface area contributed by atoms with E-state index >= 15 is 0 Å². The van der Waals surface area contributed by atoms with Crippen molar-refractivity contribution in [3.63, 3.8) is 0 Å². The van der Waals surface area contributed by atoms with E-state index in [1.807, 2.05) is 19.1 Å². The highest BCUT2D eigenvalue weighted by molar-refractivity contribution is 5.84. The first-order chi connectivity index (χ1) is 8.80. The zero-order valence-electron chi connectivity index (χ0n) is 12.4. The van der Waals surface area contributed by atoms with Gasteiger partial charge < -0.3 is 15.8 Å². The lowest BCUT2D eigenvalue weighted by molar-refractivity contribution is -0.124. The molecule has 0 aliphatic heterocycles. The number of nitrogens with two attached hydrogens (primary N) is 1. The molecule has 0 heterocycles. The van der Waals surface area contributed by atoms with Crippen LogP contribution in [-0.4, -0.2) is 25.1 Å². The molecule has 1 aromatic carbocycles. The van der Waals surface area contributed by atoms with Gasteiger partial charge in [0.2, 0.25) is 5.91 Å². The molecule has 0 saturated heterocycles. The highest BCUT2D eigenvalue weighted by atomic mass is 16.5. The smallest absolute Gasteiger partial charge is 0.240 e. The molecule has 0 aromatic heterocycles. The van der Waals surface area contributed by atoms with Gasteiger partial charge in [-0.25, -0.2) is 0 Å². The molecule has 0 radical (unpaired) electrons. The summed E-state index contributed by atoms with van der Waals surface area (Å²) in [5.41, 5.74) is 6.78. The number of rotatable bonds is 6. The molecule has 0 aliphatic rings. The number of benzene rings is 1. The van der Waals surface area contributed by atoms with Crippen LogP contribution in [0.15, 0.2) is 18.2 Å². The van der Waals surface area contributed by atoms with Gasteiger partial charge in [-0.3, -0.25) is 4.79 Å². The lowest BCUT2D eigenvalue weighted by atomic mass is 10.0. The van der Waals surface area contributed by atoms with E-state index in [2.05, 4.69) is 25.2 Å². The summed E-state index contributed by atoms with van der Waals surface area (Å²) < 4.78 is 5.78. The highest BCUT2D eigenvalue weighted by Gasteiger charge is 2.30. The fraction of sp³-hybridized carbons (Fsp3) is 0.533. The summed E-state index contributed by atoms with van der Waals surface area (Å²) in [6.07, 6.45) is 0. The number of hydrogen-bond donors (Lipinski definition) is 2. The standard InChI is InChI=1S/C15H24N2O2/c1-10(2)12-7-6-11(3)13(8-12)19-9-15(4,17-5)14(16)18/h6-8,10,17H,9H2,1-5H3,(H2,16,18). The molecule has 0 aliphatic carbocycles. The maximum atomic E-state index is 11.4. The van der Waals surface area contributed by atoms with Gasteiger partial charge in [0.1, 0.15) is 17.9 Å². The summed E-state index contributed by atoms with van der Waals surface area (Å²) >= 11 is 0. The first-order valence-electron chi connectivity index (χ1n) is 6.52. The summed E-state index contributed by atoms with van der Waals surface area (Å²) in [5.74, 6) is 0.816. The van der Waals surface area contributed by atoms with Crippen LogP contribution in [0, 0.1) is 6.92 Å². The third-order valence-corrected chi connectivity index (χ3v) is 3.49. The molecule has 3 N–H and O–H groups in total. The monoisotopic (exact) mass is 264 g/mol. The van der Waals surface area contributed by atoms with Gasteiger partial charge in [0, 0.05) is 0 Å². The Morgan fingerprint density at radius 3 is 2.58 bits per heavy atom. The van der Waals surface area contributed by atoms with Crippen LogP contribution in [0.1, 0.15) is 37.8 Å². The van der Waals surface area contributed by atoms with Crippen molar-refractivity contribution in [1.29, 1.82) is 0 Å². The van der Waals surface area contributed by atoms with Crippen LogP contribution in [-0.2, 0) is 4.79 Å². The molecule has 0 saturated carbocycles. The minimum Gasteiger partial charge on any atom is -0.491 e. The normalized spacial score (nSPS) is 14.2. The topological polar surface area (TPSA) is 64.3 Å². The van der Waals surface area contributed by atoms with E-state index in [9.17, 15) is 4.79 Å². The summed E-state index contributed by atoms with van der Waals surface area (Å²) in [6.45, 7) is 8.20. The van der Waals surface area contributed by atoms with E-state index in [-0.39, 0.29) is 6.61 Å². The molecule has 1 unspecified atom stereocenters.